The maximum Gasteiger partial charge on any atom is 0.283 e. The number of hydrazone groups is 1. The van der Waals surface area contributed by atoms with Gasteiger partial charge in [0.15, 0.2) is 17.3 Å². The van der Waals surface area contributed by atoms with Crippen molar-refractivity contribution in [2.24, 2.45) is 10.1 Å². The molecule has 3 aliphatic rings. The highest BCUT2D eigenvalue weighted by Gasteiger charge is 2.36. The minimum atomic E-state index is -0.522. The third-order valence-electron chi connectivity index (χ3n) is 6.52. The second-order valence-electron chi connectivity index (χ2n) is 9.32. The normalized spacial score (nSPS) is 18.3. The van der Waals surface area contributed by atoms with Gasteiger partial charge in [-0.1, -0.05) is 35.9 Å². The number of piperidine rings is 1. The second kappa shape index (κ2) is 11.2. The number of aliphatic imine (C=N–C) groups is 1. The molecule has 196 valence electrons. The standard InChI is InChI=1S/C28H29N5O4S/c1-18-6-8-19(9-7-18)17-37-22-11-10-20(15-23(22)36-2)14-21-26(29)33-28(30-27(21)35)38-24(31-33)16-25(34)32-12-4-3-5-13-32/h6-11,14-15,29H,3-5,12-13,16-17H2,1-2H3. The third kappa shape index (κ3) is 5.65. The number of carbonyl (C=O) groups excluding carboxylic acids is 2. The van der Waals surface area contributed by atoms with Crippen molar-refractivity contribution >= 4 is 45.7 Å². The zero-order valence-electron chi connectivity index (χ0n) is 21.4. The Morgan fingerprint density at radius 2 is 1.87 bits per heavy atom. The summed E-state index contributed by atoms with van der Waals surface area (Å²) in [7, 11) is 1.55. The molecule has 3 aliphatic heterocycles. The Balaban J connectivity index is 1.29. The Labute approximate surface area is 225 Å². The molecular formula is C28H29N5O4S. The molecule has 2 aromatic carbocycles. The van der Waals surface area contributed by atoms with Gasteiger partial charge in [0.05, 0.1) is 19.1 Å². The van der Waals surface area contributed by atoms with Crippen molar-refractivity contribution in [1.29, 1.82) is 5.41 Å². The van der Waals surface area contributed by atoms with E-state index in [9.17, 15) is 9.59 Å². The van der Waals surface area contributed by atoms with E-state index in [-0.39, 0.29) is 23.7 Å². The number of hydrogen-bond donors (Lipinski definition) is 1. The van der Waals surface area contributed by atoms with Gasteiger partial charge in [-0.15, -0.1) is 0 Å². The van der Waals surface area contributed by atoms with Crippen LogP contribution >= 0.6 is 11.8 Å². The molecule has 2 aromatic rings. The van der Waals surface area contributed by atoms with Crippen LogP contribution in [0.4, 0.5) is 0 Å². The molecule has 3 heterocycles. The van der Waals surface area contributed by atoms with Crippen molar-refractivity contribution in [3.8, 4) is 11.5 Å². The van der Waals surface area contributed by atoms with Crippen LogP contribution in [0.3, 0.4) is 0 Å². The highest BCUT2D eigenvalue weighted by molar-refractivity contribution is 8.27. The first-order chi connectivity index (χ1) is 18.4. The molecule has 1 fully saturated rings. The smallest absolute Gasteiger partial charge is 0.283 e. The molecule has 0 bridgehead atoms. The van der Waals surface area contributed by atoms with Crippen molar-refractivity contribution in [1.82, 2.24) is 9.91 Å². The molecule has 0 aromatic heterocycles. The Morgan fingerprint density at radius 1 is 1.11 bits per heavy atom. The quantitative estimate of drug-likeness (QED) is 0.523. The Hall–Kier alpha value is -3.92. The molecule has 0 unspecified atom stereocenters. The zero-order valence-corrected chi connectivity index (χ0v) is 22.2. The van der Waals surface area contributed by atoms with Crippen LogP contribution in [0.1, 0.15) is 42.4 Å². The highest BCUT2D eigenvalue weighted by Crippen LogP contribution is 2.32. The van der Waals surface area contributed by atoms with Gasteiger partial charge >= 0.3 is 0 Å². The summed E-state index contributed by atoms with van der Waals surface area (Å²) in [6, 6.07) is 13.4. The Bertz CT molecular complexity index is 1360. The van der Waals surface area contributed by atoms with Gasteiger partial charge in [0, 0.05) is 13.1 Å². The number of amidine groups is 2. The number of thioether (sulfide) groups is 1. The minimum Gasteiger partial charge on any atom is -0.493 e. The fourth-order valence-electron chi connectivity index (χ4n) is 4.39. The lowest BCUT2D eigenvalue weighted by Crippen LogP contribution is -2.36. The number of nitrogens with zero attached hydrogens (tertiary/aromatic N) is 4. The first kappa shape index (κ1) is 25.7. The molecule has 1 N–H and O–H groups in total. The van der Waals surface area contributed by atoms with Gasteiger partial charge in [0.1, 0.15) is 11.7 Å². The average Bonchev–Trinajstić information content (AvgIpc) is 3.33. The summed E-state index contributed by atoms with van der Waals surface area (Å²) < 4.78 is 11.5. The summed E-state index contributed by atoms with van der Waals surface area (Å²) in [5, 5.41) is 15.2. The number of likely N-dealkylation sites (tertiary alicyclic amines) is 1. The molecule has 1 saturated heterocycles. The number of benzene rings is 2. The first-order valence-electron chi connectivity index (χ1n) is 12.5. The van der Waals surface area contributed by atoms with E-state index < -0.39 is 5.91 Å². The van der Waals surface area contributed by atoms with Crippen LogP contribution in [-0.2, 0) is 16.2 Å². The minimum absolute atomic E-state index is 0.0156. The van der Waals surface area contributed by atoms with E-state index in [1.54, 1.807) is 31.4 Å². The number of fused-ring (bicyclic) bond motifs is 1. The molecule has 0 radical (unpaired) electrons. The molecule has 2 amide bonds. The summed E-state index contributed by atoms with van der Waals surface area (Å²) in [4.78, 5) is 31.5. The van der Waals surface area contributed by atoms with E-state index in [2.05, 4.69) is 10.1 Å². The maximum absolute atomic E-state index is 12.8. The van der Waals surface area contributed by atoms with Crippen LogP contribution in [0, 0.1) is 12.3 Å². The zero-order chi connectivity index (χ0) is 26.6. The Morgan fingerprint density at radius 3 is 2.61 bits per heavy atom. The van der Waals surface area contributed by atoms with Gasteiger partial charge in [0.2, 0.25) is 11.1 Å². The van der Waals surface area contributed by atoms with Crippen molar-refractivity contribution in [2.75, 3.05) is 20.2 Å². The summed E-state index contributed by atoms with van der Waals surface area (Å²) in [5.74, 6) is 0.502. The van der Waals surface area contributed by atoms with Crippen LogP contribution in [0.5, 0.6) is 11.5 Å². The van der Waals surface area contributed by atoms with Gasteiger partial charge in [-0.3, -0.25) is 15.0 Å². The van der Waals surface area contributed by atoms with Gasteiger partial charge in [-0.05, 0) is 67.3 Å². The predicted molar refractivity (Wildman–Crippen MR) is 149 cm³/mol. The monoisotopic (exact) mass is 531 g/mol. The Kier molecular flexibility index (Phi) is 7.59. The van der Waals surface area contributed by atoms with Crippen LogP contribution < -0.4 is 9.47 Å². The van der Waals surface area contributed by atoms with E-state index in [0.717, 1.165) is 37.9 Å². The van der Waals surface area contributed by atoms with E-state index in [0.29, 0.717) is 33.9 Å². The van der Waals surface area contributed by atoms with Crippen LogP contribution in [-0.4, -0.2) is 58.0 Å². The second-order valence-corrected chi connectivity index (χ2v) is 10.4. The van der Waals surface area contributed by atoms with Crippen LogP contribution in [0.25, 0.3) is 6.08 Å². The summed E-state index contributed by atoms with van der Waals surface area (Å²) in [6.45, 7) is 3.96. The molecule has 0 aliphatic carbocycles. The van der Waals surface area contributed by atoms with E-state index in [1.807, 2.05) is 36.1 Å². The topological polar surface area (TPSA) is 108 Å². The van der Waals surface area contributed by atoms with Crippen molar-refractivity contribution in [3.63, 3.8) is 0 Å². The number of nitrogens with one attached hydrogen (secondary N) is 1. The lowest BCUT2D eigenvalue weighted by molar-refractivity contribution is -0.130. The van der Waals surface area contributed by atoms with Crippen LogP contribution in [0.15, 0.2) is 58.1 Å². The molecule has 5 rings (SSSR count). The van der Waals surface area contributed by atoms with Crippen molar-refractivity contribution < 1.29 is 19.1 Å². The molecule has 0 atom stereocenters. The van der Waals surface area contributed by atoms with E-state index in [1.165, 1.54) is 22.3 Å². The molecule has 10 heteroatoms. The van der Waals surface area contributed by atoms with Gasteiger partial charge < -0.3 is 14.4 Å². The third-order valence-corrected chi connectivity index (χ3v) is 7.43. The first-order valence-corrected chi connectivity index (χ1v) is 13.4. The number of carbonyl (C=O) groups is 2. The highest BCUT2D eigenvalue weighted by atomic mass is 32.2. The van der Waals surface area contributed by atoms with Gasteiger partial charge in [-0.25, -0.2) is 0 Å². The number of ether oxygens (including phenoxy) is 2. The van der Waals surface area contributed by atoms with E-state index >= 15 is 0 Å². The molecule has 38 heavy (non-hydrogen) atoms. The molecule has 9 nitrogen and oxygen atoms in total. The van der Waals surface area contributed by atoms with Crippen molar-refractivity contribution in [2.45, 2.75) is 39.2 Å². The lowest BCUT2D eigenvalue weighted by atomic mass is 10.1. The number of aryl methyl sites for hydroxylation is 1. The summed E-state index contributed by atoms with van der Waals surface area (Å²) in [6.07, 6.45) is 4.91. The van der Waals surface area contributed by atoms with Crippen molar-refractivity contribution in [3.05, 3.63) is 64.7 Å². The van der Waals surface area contributed by atoms with Gasteiger partial charge in [-0.2, -0.15) is 15.1 Å². The number of amides is 2. The molecule has 0 spiro atoms. The predicted octanol–water partition coefficient (Wildman–Crippen LogP) is 4.60. The fraction of sp³-hybridized carbons (Fsp3) is 0.321. The van der Waals surface area contributed by atoms with Gasteiger partial charge in [0.25, 0.3) is 5.91 Å². The largest absolute Gasteiger partial charge is 0.493 e. The average molecular weight is 532 g/mol. The van der Waals surface area contributed by atoms with Crippen LogP contribution in [0.2, 0.25) is 0 Å². The SMILES string of the molecule is COc1cc(C=C2C(=N)N3N=C(CC(=O)N4CCCCC4)SC3=NC2=O)ccc1OCc1ccc(C)cc1. The number of rotatable bonds is 7. The summed E-state index contributed by atoms with van der Waals surface area (Å²) >= 11 is 1.17. The summed E-state index contributed by atoms with van der Waals surface area (Å²) in [5.41, 5.74) is 2.99. The molecular weight excluding hydrogens is 502 g/mol. The molecule has 0 saturated carbocycles. The number of methoxy groups -OCH3 is 1. The van der Waals surface area contributed by atoms with E-state index in [4.69, 9.17) is 14.9 Å². The fourth-order valence-corrected chi connectivity index (χ4v) is 5.27. The lowest BCUT2D eigenvalue weighted by Gasteiger charge is -2.26. The number of hydrogen-bond acceptors (Lipinski definition) is 7. The maximum atomic E-state index is 12.8.